The van der Waals surface area contributed by atoms with Crippen LogP contribution >= 0.6 is 0 Å². The van der Waals surface area contributed by atoms with Crippen molar-refractivity contribution in [2.45, 2.75) is 69.5 Å². The van der Waals surface area contributed by atoms with E-state index < -0.39 is 0 Å². The third kappa shape index (κ3) is 4.10. The van der Waals surface area contributed by atoms with Gasteiger partial charge in [0.05, 0.1) is 11.0 Å². The molecular weight excluding hydrogens is 411 g/mol. The van der Waals surface area contributed by atoms with Gasteiger partial charge in [0.15, 0.2) is 0 Å². The Labute approximate surface area is 196 Å². The van der Waals surface area contributed by atoms with Gasteiger partial charge in [0, 0.05) is 31.2 Å². The maximum atomic E-state index is 13.6. The minimum absolute atomic E-state index is 0.104. The molecule has 4 heterocycles. The molecule has 0 aliphatic carbocycles. The number of hydrogen-bond acceptors (Lipinski definition) is 3. The van der Waals surface area contributed by atoms with Crippen LogP contribution in [-0.4, -0.2) is 57.6 Å². The van der Waals surface area contributed by atoms with Crippen LogP contribution in [0.25, 0.3) is 11.0 Å². The summed E-state index contributed by atoms with van der Waals surface area (Å²) in [6, 6.07) is 17.8. The summed E-state index contributed by atoms with van der Waals surface area (Å²) in [5.74, 6) is 1.57. The fraction of sp³-hybridized carbons (Fsp3) is 0.536. The number of piperidine rings is 2. The monoisotopic (exact) mass is 446 g/mol. The number of imidazole rings is 1. The summed E-state index contributed by atoms with van der Waals surface area (Å²) < 4.78 is 16.1. The number of fused-ring (bicyclic) bond motifs is 3. The first kappa shape index (κ1) is 21.3. The van der Waals surface area contributed by atoms with E-state index in [1.807, 2.05) is 6.07 Å². The molecule has 2 bridgehead atoms. The molecule has 6 rings (SSSR count). The molecule has 3 aliphatic rings. The minimum atomic E-state index is -0.104. The molecule has 3 aliphatic heterocycles. The van der Waals surface area contributed by atoms with Crippen LogP contribution in [0.3, 0.4) is 0 Å². The number of aromatic nitrogens is 2. The van der Waals surface area contributed by atoms with Crippen molar-refractivity contribution in [2.24, 2.45) is 0 Å². The smallest absolute Gasteiger partial charge is 0.123 e. The van der Waals surface area contributed by atoms with Crippen molar-refractivity contribution < 1.29 is 4.39 Å². The molecule has 2 aromatic carbocycles. The van der Waals surface area contributed by atoms with Gasteiger partial charge in [-0.1, -0.05) is 24.3 Å². The van der Waals surface area contributed by atoms with Gasteiger partial charge in [-0.15, -0.1) is 0 Å². The molecule has 0 N–H and O–H groups in total. The van der Waals surface area contributed by atoms with Crippen LogP contribution < -0.4 is 0 Å². The predicted molar refractivity (Wildman–Crippen MR) is 131 cm³/mol. The third-order valence-electron chi connectivity index (χ3n) is 8.58. The minimum Gasteiger partial charge on any atom is -0.325 e. The van der Waals surface area contributed by atoms with Crippen molar-refractivity contribution in [3.63, 3.8) is 0 Å². The fourth-order valence-corrected chi connectivity index (χ4v) is 6.95. The lowest BCUT2D eigenvalue weighted by Gasteiger charge is -2.41. The number of para-hydroxylation sites is 2. The van der Waals surface area contributed by atoms with E-state index in [0.29, 0.717) is 24.0 Å². The molecule has 0 amide bonds. The molecule has 174 valence electrons. The molecule has 1 aromatic heterocycles. The zero-order chi connectivity index (χ0) is 22.4. The van der Waals surface area contributed by atoms with Crippen LogP contribution in [0.4, 0.5) is 4.39 Å². The Bertz CT molecular complexity index is 1100. The number of benzene rings is 2. The average molecular weight is 447 g/mol. The molecule has 0 spiro atoms. The van der Waals surface area contributed by atoms with Crippen molar-refractivity contribution in [1.29, 1.82) is 0 Å². The Morgan fingerprint density at radius 3 is 2.39 bits per heavy atom. The van der Waals surface area contributed by atoms with E-state index in [1.165, 1.54) is 49.9 Å². The lowest BCUT2D eigenvalue weighted by Crippen LogP contribution is -2.47. The van der Waals surface area contributed by atoms with Gasteiger partial charge in [-0.05, 0) is 94.3 Å². The first-order chi connectivity index (χ1) is 16.2. The van der Waals surface area contributed by atoms with Crippen LogP contribution in [0.1, 0.15) is 61.9 Å². The standard InChI is InChI=1S/C28H35FN4/c1-20-30-27-7-2-3-8-28(27)33(20)26-18-24-9-10-25(19-26)32(24)16-15-31-13-11-21(12-14-31)22-5-4-6-23(29)17-22/h2-8,17,21,24-26H,9-16,18-19H2,1H3. The fourth-order valence-electron chi connectivity index (χ4n) is 6.95. The molecule has 2 unspecified atom stereocenters. The largest absolute Gasteiger partial charge is 0.325 e. The van der Waals surface area contributed by atoms with Gasteiger partial charge in [0.1, 0.15) is 11.6 Å². The van der Waals surface area contributed by atoms with Crippen molar-refractivity contribution >= 4 is 11.0 Å². The third-order valence-corrected chi connectivity index (χ3v) is 8.58. The van der Waals surface area contributed by atoms with E-state index in [1.54, 1.807) is 12.1 Å². The Morgan fingerprint density at radius 2 is 1.64 bits per heavy atom. The van der Waals surface area contributed by atoms with Crippen LogP contribution in [0.5, 0.6) is 0 Å². The van der Waals surface area contributed by atoms with Crippen LogP contribution in [0.15, 0.2) is 48.5 Å². The molecule has 0 saturated carbocycles. The van der Waals surface area contributed by atoms with Gasteiger partial charge in [-0.2, -0.15) is 0 Å². The van der Waals surface area contributed by atoms with Crippen molar-refractivity contribution in [2.75, 3.05) is 26.2 Å². The zero-order valence-corrected chi connectivity index (χ0v) is 19.7. The van der Waals surface area contributed by atoms with E-state index in [4.69, 9.17) is 4.98 Å². The summed E-state index contributed by atoms with van der Waals surface area (Å²) >= 11 is 0. The molecule has 5 heteroatoms. The zero-order valence-electron chi connectivity index (χ0n) is 19.7. The Balaban J connectivity index is 1.05. The van der Waals surface area contributed by atoms with Gasteiger partial charge >= 0.3 is 0 Å². The lowest BCUT2D eigenvalue weighted by atomic mass is 9.89. The highest BCUT2D eigenvalue weighted by Gasteiger charge is 2.41. The summed E-state index contributed by atoms with van der Waals surface area (Å²) in [7, 11) is 0. The molecular formula is C28H35FN4. The normalized spacial score (nSPS) is 26.9. The SMILES string of the molecule is Cc1nc2ccccc2n1C1CC2CCC(C1)N2CCN1CCC(c2cccc(F)c2)CC1. The van der Waals surface area contributed by atoms with Gasteiger partial charge in [0.2, 0.25) is 0 Å². The number of rotatable bonds is 5. The second-order valence-electron chi connectivity index (χ2n) is 10.4. The van der Waals surface area contributed by atoms with E-state index in [-0.39, 0.29) is 5.82 Å². The maximum absolute atomic E-state index is 13.6. The Kier molecular flexibility index (Phi) is 5.71. The first-order valence-corrected chi connectivity index (χ1v) is 12.8. The predicted octanol–water partition coefficient (Wildman–Crippen LogP) is 5.53. The molecule has 3 aromatic rings. The van der Waals surface area contributed by atoms with Gasteiger partial charge in [-0.25, -0.2) is 9.37 Å². The molecule has 3 saturated heterocycles. The van der Waals surface area contributed by atoms with Crippen LogP contribution in [0, 0.1) is 12.7 Å². The highest BCUT2D eigenvalue weighted by atomic mass is 19.1. The lowest BCUT2D eigenvalue weighted by molar-refractivity contribution is 0.0869. The van der Waals surface area contributed by atoms with Crippen molar-refractivity contribution in [1.82, 2.24) is 19.4 Å². The van der Waals surface area contributed by atoms with E-state index in [9.17, 15) is 4.39 Å². The highest BCUT2D eigenvalue weighted by Crippen LogP contribution is 2.42. The molecule has 4 nitrogen and oxygen atoms in total. The van der Waals surface area contributed by atoms with Gasteiger partial charge in [0.25, 0.3) is 0 Å². The number of aryl methyl sites for hydroxylation is 1. The Hall–Kier alpha value is -2.24. The van der Waals surface area contributed by atoms with Crippen molar-refractivity contribution in [3.8, 4) is 0 Å². The Morgan fingerprint density at radius 1 is 0.879 bits per heavy atom. The summed E-state index contributed by atoms with van der Waals surface area (Å²) in [4.78, 5) is 10.3. The van der Waals surface area contributed by atoms with Crippen molar-refractivity contribution in [3.05, 3.63) is 65.7 Å². The second kappa shape index (κ2) is 8.84. The van der Waals surface area contributed by atoms with E-state index in [0.717, 1.165) is 37.3 Å². The molecule has 0 radical (unpaired) electrons. The highest BCUT2D eigenvalue weighted by molar-refractivity contribution is 5.76. The number of likely N-dealkylation sites (tertiary alicyclic amines) is 1. The van der Waals surface area contributed by atoms with Crippen LogP contribution in [-0.2, 0) is 0 Å². The summed E-state index contributed by atoms with van der Waals surface area (Å²) in [6.07, 6.45) is 7.47. The molecule has 2 atom stereocenters. The summed E-state index contributed by atoms with van der Waals surface area (Å²) in [5.41, 5.74) is 3.61. The number of halogens is 1. The van der Waals surface area contributed by atoms with E-state index in [2.05, 4.69) is 51.6 Å². The molecule has 3 fully saturated rings. The summed E-state index contributed by atoms with van der Waals surface area (Å²) in [6.45, 7) is 6.79. The number of nitrogens with zero attached hydrogens (tertiary/aromatic N) is 4. The second-order valence-corrected chi connectivity index (χ2v) is 10.4. The van der Waals surface area contributed by atoms with E-state index >= 15 is 0 Å². The van der Waals surface area contributed by atoms with Gasteiger partial charge in [-0.3, -0.25) is 4.90 Å². The van der Waals surface area contributed by atoms with Crippen LogP contribution in [0.2, 0.25) is 0 Å². The average Bonchev–Trinajstić information content (AvgIpc) is 3.29. The quantitative estimate of drug-likeness (QED) is 0.515. The molecule has 33 heavy (non-hydrogen) atoms. The number of hydrogen-bond donors (Lipinski definition) is 0. The van der Waals surface area contributed by atoms with Gasteiger partial charge < -0.3 is 9.47 Å². The maximum Gasteiger partial charge on any atom is 0.123 e. The first-order valence-electron chi connectivity index (χ1n) is 12.8. The topological polar surface area (TPSA) is 24.3 Å². The summed E-state index contributed by atoms with van der Waals surface area (Å²) in [5, 5.41) is 0.